The number of rotatable bonds is 3. The second-order valence-electron chi connectivity index (χ2n) is 5.17. The summed E-state index contributed by atoms with van der Waals surface area (Å²) in [6, 6.07) is 10.3. The lowest BCUT2D eigenvalue weighted by atomic mass is 10.0. The summed E-state index contributed by atoms with van der Waals surface area (Å²) < 4.78 is 2.93. The first kappa shape index (κ1) is 13.9. The van der Waals surface area contributed by atoms with E-state index in [2.05, 4.69) is 40.9 Å². The van der Waals surface area contributed by atoms with Gasteiger partial charge in [0.15, 0.2) is 4.77 Å². The van der Waals surface area contributed by atoms with E-state index < -0.39 is 0 Å². The normalized spacial score (nSPS) is 13.2. The molecular weight excluding hydrogens is 308 g/mol. The number of hydrogen-bond donors (Lipinski definition) is 1. The highest BCUT2D eigenvalue weighted by Crippen LogP contribution is 2.33. The number of nitrogens with one attached hydrogen (secondary N) is 1. The highest BCUT2D eigenvalue weighted by molar-refractivity contribution is 7.71. The predicted octanol–water partition coefficient (Wildman–Crippen LogP) is 5.66. The summed E-state index contributed by atoms with van der Waals surface area (Å²) >= 11 is 13.5. The molecule has 1 N–H and O–H groups in total. The van der Waals surface area contributed by atoms with Gasteiger partial charge in [-0.15, -0.1) is 11.3 Å². The molecular formula is C15H15ClN2S2. The maximum Gasteiger partial charge on any atom is 0.178 e. The molecule has 0 fully saturated rings. The van der Waals surface area contributed by atoms with Crippen molar-refractivity contribution >= 4 is 46.2 Å². The summed E-state index contributed by atoms with van der Waals surface area (Å²) in [5, 5.41) is 2.84. The topological polar surface area (TPSA) is 20.7 Å². The van der Waals surface area contributed by atoms with E-state index in [4.69, 9.17) is 23.8 Å². The van der Waals surface area contributed by atoms with E-state index in [0.717, 1.165) is 20.8 Å². The molecule has 0 spiro atoms. The molecule has 2 heterocycles. The number of halogens is 1. The molecule has 0 aliphatic rings. The van der Waals surface area contributed by atoms with Gasteiger partial charge in [0.2, 0.25) is 0 Å². The lowest BCUT2D eigenvalue weighted by Gasteiger charge is -2.22. The Hall–Kier alpha value is -1.10. The molecule has 20 heavy (non-hydrogen) atoms. The van der Waals surface area contributed by atoms with Gasteiger partial charge in [-0.3, -0.25) is 0 Å². The maximum absolute atomic E-state index is 6.15. The number of aromatic nitrogens is 2. The number of aromatic amines is 1. The monoisotopic (exact) mass is 322 g/mol. The van der Waals surface area contributed by atoms with Crippen molar-refractivity contribution in [1.82, 2.24) is 9.55 Å². The van der Waals surface area contributed by atoms with Crippen LogP contribution in [0.25, 0.3) is 11.0 Å². The van der Waals surface area contributed by atoms with Gasteiger partial charge in [0.25, 0.3) is 0 Å². The largest absolute Gasteiger partial charge is 0.331 e. The lowest BCUT2D eigenvalue weighted by Crippen LogP contribution is -2.15. The fourth-order valence-electron chi connectivity index (χ4n) is 2.58. The van der Waals surface area contributed by atoms with E-state index in [0.29, 0.717) is 5.92 Å². The van der Waals surface area contributed by atoms with Gasteiger partial charge < -0.3 is 9.55 Å². The van der Waals surface area contributed by atoms with Gasteiger partial charge in [-0.25, -0.2) is 0 Å². The second-order valence-corrected chi connectivity index (χ2v) is 6.97. The van der Waals surface area contributed by atoms with Gasteiger partial charge in [0, 0.05) is 9.90 Å². The smallest absolute Gasteiger partial charge is 0.178 e. The third-order valence-electron chi connectivity index (χ3n) is 3.42. The van der Waals surface area contributed by atoms with E-state index in [9.17, 15) is 0 Å². The van der Waals surface area contributed by atoms with Gasteiger partial charge in [0.05, 0.1) is 17.1 Å². The van der Waals surface area contributed by atoms with Crippen LogP contribution in [0.5, 0.6) is 0 Å². The second kappa shape index (κ2) is 5.35. The van der Waals surface area contributed by atoms with Crippen molar-refractivity contribution in [2.24, 2.45) is 5.92 Å². The quantitative estimate of drug-likeness (QED) is 0.617. The molecule has 0 radical (unpaired) electrons. The maximum atomic E-state index is 6.15. The first-order valence-corrected chi connectivity index (χ1v) is 8.17. The number of hydrogen-bond acceptors (Lipinski definition) is 2. The molecule has 0 saturated heterocycles. The van der Waals surface area contributed by atoms with Gasteiger partial charge in [-0.05, 0) is 47.8 Å². The first-order valence-electron chi connectivity index (χ1n) is 6.51. The minimum Gasteiger partial charge on any atom is -0.331 e. The Bertz CT molecular complexity index is 784. The molecule has 1 unspecified atom stereocenters. The summed E-state index contributed by atoms with van der Waals surface area (Å²) in [4.78, 5) is 4.59. The van der Waals surface area contributed by atoms with Crippen LogP contribution in [-0.4, -0.2) is 9.55 Å². The van der Waals surface area contributed by atoms with Gasteiger partial charge in [-0.2, -0.15) is 0 Å². The zero-order chi connectivity index (χ0) is 14.3. The number of imidazole rings is 1. The standard InChI is InChI=1S/C15H15ClN2S2/c1-9(2)14(13-4-3-7-20-13)18-12-8-10(16)5-6-11(12)17-15(18)19/h3-9,14H,1-2H3,(H,17,19). The third kappa shape index (κ3) is 2.32. The number of benzene rings is 1. The number of H-pyrrole nitrogens is 1. The molecule has 0 saturated carbocycles. The molecule has 3 aromatic rings. The predicted molar refractivity (Wildman–Crippen MR) is 89.4 cm³/mol. The Morgan fingerprint density at radius 2 is 2.10 bits per heavy atom. The lowest BCUT2D eigenvalue weighted by molar-refractivity contribution is 0.449. The summed E-state index contributed by atoms with van der Waals surface area (Å²) in [5.74, 6) is 0.443. The van der Waals surface area contributed by atoms with Gasteiger partial charge in [-0.1, -0.05) is 31.5 Å². The summed E-state index contributed by atoms with van der Waals surface area (Å²) in [6.45, 7) is 4.44. The molecule has 0 aliphatic carbocycles. The number of nitrogens with zero attached hydrogens (tertiary/aromatic N) is 1. The van der Waals surface area contributed by atoms with Crippen molar-refractivity contribution < 1.29 is 0 Å². The van der Waals surface area contributed by atoms with Crippen LogP contribution in [0.15, 0.2) is 35.7 Å². The van der Waals surface area contributed by atoms with Gasteiger partial charge >= 0.3 is 0 Å². The zero-order valence-electron chi connectivity index (χ0n) is 11.3. The number of thiophene rings is 1. The van der Waals surface area contributed by atoms with E-state index >= 15 is 0 Å². The molecule has 1 aromatic carbocycles. The Balaban J connectivity index is 2.28. The van der Waals surface area contributed by atoms with Crippen LogP contribution in [0.1, 0.15) is 24.8 Å². The van der Waals surface area contributed by atoms with Crippen molar-refractivity contribution in [3.8, 4) is 0 Å². The van der Waals surface area contributed by atoms with Crippen LogP contribution in [0.4, 0.5) is 0 Å². The molecule has 0 aliphatic heterocycles. The Morgan fingerprint density at radius 3 is 2.75 bits per heavy atom. The van der Waals surface area contributed by atoms with Crippen molar-refractivity contribution in [2.45, 2.75) is 19.9 Å². The van der Waals surface area contributed by atoms with Crippen LogP contribution in [0.3, 0.4) is 0 Å². The average molecular weight is 323 g/mol. The summed E-state index contributed by atoms with van der Waals surface area (Å²) in [5.41, 5.74) is 2.09. The molecule has 2 nitrogen and oxygen atoms in total. The van der Waals surface area contributed by atoms with Crippen molar-refractivity contribution in [3.05, 3.63) is 50.4 Å². The number of fused-ring (bicyclic) bond motifs is 1. The van der Waals surface area contributed by atoms with E-state index in [-0.39, 0.29) is 6.04 Å². The summed E-state index contributed by atoms with van der Waals surface area (Å²) in [6.07, 6.45) is 0. The molecule has 0 amide bonds. The fourth-order valence-corrected chi connectivity index (χ4v) is 4.06. The highest BCUT2D eigenvalue weighted by Gasteiger charge is 2.22. The Morgan fingerprint density at radius 1 is 1.30 bits per heavy atom. The zero-order valence-corrected chi connectivity index (χ0v) is 13.6. The minimum atomic E-state index is 0.231. The van der Waals surface area contributed by atoms with Crippen molar-refractivity contribution in [2.75, 3.05) is 0 Å². The molecule has 5 heteroatoms. The van der Waals surface area contributed by atoms with Crippen LogP contribution in [0, 0.1) is 10.7 Å². The molecule has 0 bridgehead atoms. The van der Waals surface area contributed by atoms with E-state index in [1.54, 1.807) is 11.3 Å². The Labute approximate surface area is 132 Å². The highest BCUT2D eigenvalue weighted by atomic mass is 35.5. The van der Waals surface area contributed by atoms with Gasteiger partial charge in [0.1, 0.15) is 0 Å². The minimum absolute atomic E-state index is 0.231. The van der Waals surface area contributed by atoms with Crippen LogP contribution >= 0.6 is 35.2 Å². The fraction of sp³-hybridized carbons (Fsp3) is 0.267. The van der Waals surface area contributed by atoms with E-state index in [1.165, 1.54) is 4.88 Å². The van der Waals surface area contributed by atoms with Crippen LogP contribution in [-0.2, 0) is 0 Å². The van der Waals surface area contributed by atoms with Crippen LogP contribution < -0.4 is 0 Å². The van der Waals surface area contributed by atoms with E-state index in [1.807, 2.05) is 18.2 Å². The molecule has 2 aromatic heterocycles. The van der Waals surface area contributed by atoms with Crippen LogP contribution in [0.2, 0.25) is 5.02 Å². The van der Waals surface area contributed by atoms with Crippen molar-refractivity contribution in [3.63, 3.8) is 0 Å². The average Bonchev–Trinajstić information content (AvgIpc) is 3.00. The SMILES string of the molecule is CC(C)C(c1cccs1)n1c(=S)[nH]c2ccc(Cl)cc21. The molecule has 1 atom stereocenters. The first-order chi connectivity index (χ1) is 9.58. The third-order valence-corrected chi connectivity index (χ3v) is 4.90. The molecule has 104 valence electrons. The van der Waals surface area contributed by atoms with Crippen molar-refractivity contribution in [1.29, 1.82) is 0 Å². The Kier molecular flexibility index (Phi) is 3.71. The summed E-state index contributed by atoms with van der Waals surface area (Å²) in [7, 11) is 0. The molecule has 3 rings (SSSR count).